The van der Waals surface area contributed by atoms with Gasteiger partial charge in [0, 0.05) is 36.9 Å². The van der Waals surface area contributed by atoms with Crippen molar-refractivity contribution in [3.8, 4) is 16.9 Å². The van der Waals surface area contributed by atoms with Gasteiger partial charge in [0.2, 0.25) is 5.95 Å². The van der Waals surface area contributed by atoms with Crippen LogP contribution in [0.4, 0.5) is 5.95 Å². The van der Waals surface area contributed by atoms with Crippen LogP contribution in [0.25, 0.3) is 16.9 Å². The predicted molar refractivity (Wildman–Crippen MR) is 112 cm³/mol. The molecule has 0 fully saturated rings. The van der Waals surface area contributed by atoms with Gasteiger partial charge in [0.05, 0.1) is 11.4 Å². The van der Waals surface area contributed by atoms with Crippen LogP contribution in [0.1, 0.15) is 24.3 Å². The van der Waals surface area contributed by atoms with E-state index in [4.69, 9.17) is 0 Å². The Morgan fingerprint density at radius 3 is 2.66 bits per heavy atom. The lowest BCUT2D eigenvalue weighted by atomic mass is 10.2. The minimum absolute atomic E-state index is 0.305. The Morgan fingerprint density at radius 1 is 1.10 bits per heavy atom. The third-order valence-electron chi connectivity index (χ3n) is 4.40. The van der Waals surface area contributed by atoms with E-state index in [9.17, 15) is 4.79 Å². The van der Waals surface area contributed by atoms with Crippen molar-refractivity contribution >= 4 is 11.9 Å². The summed E-state index contributed by atoms with van der Waals surface area (Å²) in [7, 11) is 0. The van der Waals surface area contributed by atoms with E-state index in [-0.39, 0.29) is 5.91 Å². The number of carbonyl (C=O) groups is 1. The van der Waals surface area contributed by atoms with E-state index in [1.165, 1.54) is 0 Å². The quantitative estimate of drug-likeness (QED) is 0.542. The maximum atomic E-state index is 12.9. The molecule has 0 unspecified atom stereocenters. The molecule has 7 heteroatoms. The summed E-state index contributed by atoms with van der Waals surface area (Å²) in [6.45, 7) is 5.01. The number of carbonyl (C=O) groups excluding carboxylic acids is 1. The lowest BCUT2D eigenvalue weighted by Gasteiger charge is -2.10. The van der Waals surface area contributed by atoms with E-state index in [0.717, 1.165) is 23.5 Å². The molecular weight excluding hydrogens is 364 g/mol. The van der Waals surface area contributed by atoms with E-state index < -0.39 is 0 Å². The number of hydrogen-bond acceptors (Lipinski definition) is 4. The minimum atomic E-state index is -0.305. The van der Waals surface area contributed by atoms with Gasteiger partial charge in [-0.3, -0.25) is 15.1 Å². The third kappa shape index (κ3) is 4.08. The number of anilines is 1. The van der Waals surface area contributed by atoms with E-state index >= 15 is 0 Å². The molecule has 3 heterocycles. The average molecular weight is 386 g/mol. The number of benzene rings is 1. The summed E-state index contributed by atoms with van der Waals surface area (Å²) in [5.74, 6) is 0.649. The number of imidazole rings is 1. The van der Waals surface area contributed by atoms with Crippen LogP contribution in [-0.4, -0.2) is 30.2 Å². The number of hydrogen-bond donors (Lipinski definition) is 1. The lowest BCUT2D eigenvalue weighted by molar-refractivity contribution is 0.102. The van der Waals surface area contributed by atoms with Crippen molar-refractivity contribution < 1.29 is 4.79 Å². The monoisotopic (exact) mass is 386 g/mol. The number of nitrogens with one attached hydrogen (secondary N) is 1. The van der Waals surface area contributed by atoms with Crippen LogP contribution in [0, 0.1) is 5.92 Å². The Kier molecular flexibility index (Phi) is 5.20. The Balaban J connectivity index is 1.69. The van der Waals surface area contributed by atoms with Gasteiger partial charge in [-0.15, -0.1) is 0 Å². The summed E-state index contributed by atoms with van der Waals surface area (Å²) in [5.41, 5.74) is 2.85. The van der Waals surface area contributed by atoms with Crippen molar-refractivity contribution in [3.05, 3.63) is 79.0 Å². The summed E-state index contributed by atoms with van der Waals surface area (Å²) in [6.07, 6.45) is 7.02. The molecule has 0 bridgehead atoms. The molecule has 0 saturated heterocycles. The smallest absolute Gasteiger partial charge is 0.278 e. The highest BCUT2D eigenvalue weighted by atomic mass is 16.2. The van der Waals surface area contributed by atoms with E-state index in [1.54, 1.807) is 29.3 Å². The average Bonchev–Trinajstić information content (AvgIpc) is 3.36. The maximum Gasteiger partial charge on any atom is 0.278 e. The van der Waals surface area contributed by atoms with Crippen molar-refractivity contribution in [2.45, 2.75) is 20.4 Å². The van der Waals surface area contributed by atoms with Crippen molar-refractivity contribution in [2.75, 3.05) is 5.32 Å². The number of para-hydroxylation sites is 1. The van der Waals surface area contributed by atoms with Crippen molar-refractivity contribution in [3.63, 3.8) is 0 Å². The Hall–Kier alpha value is -3.74. The number of nitrogens with zero attached hydrogens (tertiary/aromatic N) is 5. The topological polar surface area (TPSA) is 77.6 Å². The first-order valence-corrected chi connectivity index (χ1v) is 9.50. The van der Waals surface area contributed by atoms with Crippen LogP contribution in [-0.2, 0) is 6.54 Å². The van der Waals surface area contributed by atoms with Gasteiger partial charge < -0.3 is 4.57 Å². The molecule has 4 aromatic rings. The van der Waals surface area contributed by atoms with Gasteiger partial charge in [-0.05, 0) is 36.2 Å². The van der Waals surface area contributed by atoms with Crippen molar-refractivity contribution in [2.24, 2.45) is 5.92 Å². The van der Waals surface area contributed by atoms with Gasteiger partial charge in [0.1, 0.15) is 0 Å². The number of rotatable bonds is 6. The SMILES string of the molecule is CC(C)Cn1ccnc1NC(=O)c1cc(-c2cccnc2)n(-c2ccccc2)n1. The van der Waals surface area contributed by atoms with Gasteiger partial charge in [-0.1, -0.05) is 32.0 Å². The second-order valence-electron chi connectivity index (χ2n) is 7.16. The first kappa shape index (κ1) is 18.6. The zero-order chi connectivity index (χ0) is 20.2. The fourth-order valence-corrected chi connectivity index (χ4v) is 3.12. The van der Waals surface area contributed by atoms with Crippen molar-refractivity contribution in [1.29, 1.82) is 0 Å². The number of aromatic nitrogens is 5. The Bertz CT molecular complexity index is 1040. The van der Waals surface area contributed by atoms with Crippen LogP contribution in [0.15, 0.2) is 73.3 Å². The lowest BCUT2D eigenvalue weighted by Crippen LogP contribution is -2.17. The molecule has 7 nitrogen and oxygen atoms in total. The maximum absolute atomic E-state index is 12.9. The summed E-state index contributed by atoms with van der Waals surface area (Å²) >= 11 is 0. The summed E-state index contributed by atoms with van der Waals surface area (Å²) in [6, 6.07) is 15.3. The molecule has 0 radical (unpaired) electrons. The Labute approximate surface area is 169 Å². The second-order valence-corrected chi connectivity index (χ2v) is 7.16. The molecule has 4 rings (SSSR count). The molecule has 0 aliphatic rings. The van der Waals surface area contributed by atoms with Crippen LogP contribution in [0.5, 0.6) is 0 Å². The Morgan fingerprint density at radius 2 is 1.93 bits per heavy atom. The molecule has 146 valence electrons. The summed E-state index contributed by atoms with van der Waals surface area (Å²) in [5, 5.41) is 7.44. The molecule has 3 aromatic heterocycles. The highest BCUT2D eigenvalue weighted by molar-refractivity contribution is 6.02. The van der Waals surface area contributed by atoms with Crippen LogP contribution in [0.3, 0.4) is 0 Å². The van der Waals surface area contributed by atoms with Gasteiger partial charge >= 0.3 is 0 Å². The number of pyridine rings is 1. The molecular formula is C22H22N6O. The van der Waals surface area contributed by atoms with Crippen LogP contribution < -0.4 is 5.32 Å². The molecule has 0 atom stereocenters. The predicted octanol–water partition coefficient (Wildman–Crippen LogP) is 4.04. The molecule has 0 saturated carbocycles. The van der Waals surface area contributed by atoms with Gasteiger partial charge in [-0.25, -0.2) is 9.67 Å². The first-order chi connectivity index (χ1) is 14.1. The molecule has 0 spiro atoms. The second kappa shape index (κ2) is 8.10. The fourth-order valence-electron chi connectivity index (χ4n) is 3.12. The molecule has 1 aromatic carbocycles. The molecule has 29 heavy (non-hydrogen) atoms. The third-order valence-corrected chi connectivity index (χ3v) is 4.40. The zero-order valence-electron chi connectivity index (χ0n) is 16.4. The van der Waals surface area contributed by atoms with E-state index in [2.05, 4.69) is 34.2 Å². The molecule has 1 N–H and O–H groups in total. The molecule has 0 aliphatic heterocycles. The fraction of sp³-hybridized carbons (Fsp3) is 0.182. The van der Waals surface area contributed by atoms with Crippen molar-refractivity contribution in [1.82, 2.24) is 24.3 Å². The highest BCUT2D eigenvalue weighted by Gasteiger charge is 2.18. The van der Waals surface area contributed by atoms with Crippen LogP contribution >= 0.6 is 0 Å². The summed E-state index contributed by atoms with van der Waals surface area (Å²) in [4.78, 5) is 21.4. The van der Waals surface area contributed by atoms with Gasteiger partial charge in [-0.2, -0.15) is 5.10 Å². The minimum Gasteiger partial charge on any atom is -0.317 e. The van der Waals surface area contributed by atoms with Gasteiger partial charge in [0.25, 0.3) is 5.91 Å². The normalized spacial score (nSPS) is 11.0. The summed E-state index contributed by atoms with van der Waals surface area (Å²) < 4.78 is 3.69. The highest BCUT2D eigenvalue weighted by Crippen LogP contribution is 2.24. The standard InChI is InChI=1S/C22H22N6O/c1-16(2)15-27-12-11-24-22(27)25-21(29)19-13-20(17-7-6-10-23-14-17)28(26-19)18-8-4-3-5-9-18/h3-14,16H,15H2,1-2H3,(H,24,25,29). The number of amides is 1. The largest absolute Gasteiger partial charge is 0.317 e. The first-order valence-electron chi connectivity index (χ1n) is 9.50. The van der Waals surface area contributed by atoms with Crippen LogP contribution in [0.2, 0.25) is 0 Å². The van der Waals surface area contributed by atoms with E-state index in [0.29, 0.717) is 17.6 Å². The molecule has 0 aliphatic carbocycles. The van der Waals surface area contributed by atoms with Gasteiger partial charge in [0.15, 0.2) is 5.69 Å². The molecule has 1 amide bonds. The van der Waals surface area contributed by atoms with E-state index in [1.807, 2.05) is 53.2 Å². The zero-order valence-corrected chi connectivity index (χ0v) is 16.4.